The predicted molar refractivity (Wildman–Crippen MR) is 83.9 cm³/mol. The molecule has 0 saturated heterocycles. The zero-order chi connectivity index (χ0) is 13.9. The molecule has 104 valence electrons. The lowest BCUT2D eigenvalue weighted by Crippen LogP contribution is -2.27. The average Bonchev–Trinajstić information content (AvgIpc) is 2.93. The molecule has 3 nitrogen and oxygen atoms in total. The molecule has 0 aliphatic carbocycles. The van der Waals surface area contributed by atoms with Crippen molar-refractivity contribution in [1.29, 1.82) is 0 Å². The second-order valence-corrected chi connectivity index (χ2v) is 6.95. The van der Waals surface area contributed by atoms with E-state index < -0.39 is 0 Å². The number of hydrogen-bond acceptors (Lipinski definition) is 5. The highest BCUT2D eigenvalue weighted by Gasteiger charge is 2.23. The fraction of sp³-hybridized carbons (Fsp3) is 0.267. The zero-order valence-electron chi connectivity index (χ0n) is 11.2. The molecule has 0 saturated carbocycles. The van der Waals surface area contributed by atoms with Gasteiger partial charge in [0.2, 0.25) is 0 Å². The maximum absolute atomic E-state index is 11.7. The normalized spacial score (nSPS) is 13.9. The van der Waals surface area contributed by atoms with Gasteiger partial charge in [0.05, 0.1) is 17.0 Å². The standard InChI is InChI=1S/C15H15NO2S2/c1-18-14(17)13-9-12-15(20-13)19-8-7-16(12)10-11-5-3-2-4-6-11/h2-6,9H,7-8,10H2,1H3. The van der Waals surface area contributed by atoms with Crippen LogP contribution < -0.4 is 4.90 Å². The zero-order valence-corrected chi connectivity index (χ0v) is 12.8. The second-order valence-electron chi connectivity index (χ2n) is 4.53. The van der Waals surface area contributed by atoms with E-state index in [2.05, 4.69) is 29.2 Å². The van der Waals surface area contributed by atoms with Crippen LogP contribution in [0, 0.1) is 0 Å². The summed E-state index contributed by atoms with van der Waals surface area (Å²) in [6, 6.07) is 12.4. The predicted octanol–water partition coefficient (Wildman–Crippen LogP) is 3.65. The molecule has 1 aromatic carbocycles. The van der Waals surface area contributed by atoms with Crippen LogP contribution in [0.1, 0.15) is 15.2 Å². The third kappa shape index (κ3) is 2.69. The van der Waals surface area contributed by atoms with E-state index in [4.69, 9.17) is 4.74 Å². The summed E-state index contributed by atoms with van der Waals surface area (Å²) < 4.78 is 6.03. The molecule has 1 aromatic heterocycles. The van der Waals surface area contributed by atoms with Crippen molar-refractivity contribution in [3.63, 3.8) is 0 Å². The number of methoxy groups -OCH3 is 1. The average molecular weight is 305 g/mol. The van der Waals surface area contributed by atoms with Crippen LogP contribution >= 0.6 is 23.1 Å². The van der Waals surface area contributed by atoms with Crippen molar-refractivity contribution in [2.45, 2.75) is 10.8 Å². The quantitative estimate of drug-likeness (QED) is 0.810. The summed E-state index contributed by atoms with van der Waals surface area (Å²) in [6.45, 7) is 1.88. The first-order valence-electron chi connectivity index (χ1n) is 6.42. The lowest BCUT2D eigenvalue weighted by molar-refractivity contribution is 0.0606. The van der Waals surface area contributed by atoms with Crippen LogP contribution in [0.2, 0.25) is 0 Å². The molecule has 1 aliphatic rings. The van der Waals surface area contributed by atoms with Gasteiger partial charge in [-0.15, -0.1) is 23.1 Å². The Morgan fingerprint density at radius 1 is 1.35 bits per heavy atom. The minimum absolute atomic E-state index is 0.246. The number of hydrogen-bond donors (Lipinski definition) is 0. The molecule has 0 bridgehead atoms. The number of nitrogens with zero attached hydrogens (tertiary/aromatic N) is 1. The van der Waals surface area contributed by atoms with E-state index in [1.54, 1.807) is 0 Å². The molecular formula is C15H15NO2S2. The number of thiophene rings is 1. The van der Waals surface area contributed by atoms with Crippen LogP contribution in [0.3, 0.4) is 0 Å². The summed E-state index contributed by atoms with van der Waals surface area (Å²) in [5, 5.41) is 0. The van der Waals surface area contributed by atoms with Gasteiger partial charge in [0, 0.05) is 18.8 Å². The largest absolute Gasteiger partial charge is 0.465 e. The maximum atomic E-state index is 11.7. The van der Waals surface area contributed by atoms with Gasteiger partial charge < -0.3 is 9.64 Å². The number of benzene rings is 1. The highest BCUT2D eigenvalue weighted by Crippen LogP contribution is 2.42. The van der Waals surface area contributed by atoms with Gasteiger partial charge in [-0.25, -0.2) is 4.79 Å². The summed E-state index contributed by atoms with van der Waals surface area (Å²) in [4.78, 5) is 14.7. The lowest BCUT2D eigenvalue weighted by atomic mass is 10.2. The van der Waals surface area contributed by atoms with E-state index in [1.807, 2.05) is 23.9 Å². The van der Waals surface area contributed by atoms with E-state index in [0.717, 1.165) is 24.5 Å². The molecule has 0 spiro atoms. The Kier molecular flexibility index (Phi) is 3.98. The molecule has 1 aliphatic heterocycles. The third-order valence-electron chi connectivity index (χ3n) is 3.22. The SMILES string of the molecule is COC(=O)c1cc2c(s1)SCCN2Cc1ccccc1. The van der Waals surface area contributed by atoms with Gasteiger partial charge in [-0.2, -0.15) is 0 Å². The Bertz CT molecular complexity index is 610. The Morgan fingerprint density at radius 3 is 2.90 bits per heavy atom. The van der Waals surface area contributed by atoms with Gasteiger partial charge in [0.25, 0.3) is 0 Å². The number of ether oxygens (including phenoxy) is 1. The number of thioether (sulfide) groups is 1. The molecule has 0 radical (unpaired) electrons. The maximum Gasteiger partial charge on any atom is 0.348 e. The molecule has 0 atom stereocenters. The second kappa shape index (κ2) is 5.89. The first-order valence-corrected chi connectivity index (χ1v) is 8.22. The van der Waals surface area contributed by atoms with Crippen LogP contribution in [0.4, 0.5) is 5.69 Å². The van der Waals surface area contributed by atoms with Crippen LogP contribution in [-0.2, 0) is 11.3 Å². The van der Waals surface area contributed by atoms with Crippen LogP contribution in [0.25, 0.3) is 0 Å². The van der Waals surface area contributed by atoms with Gasteiger partial charge in [-0.3, -0.25) is 0 Å². The smallest absolute Gasteiger partial charge is 0.348 e. The van der Waals surface area contributed by atoms with Crippen molar-refractivity contribution in [3.8, 4) is 0 Å². The molecule has 0 N–H and O–H groups in total. The fourth-order valence-electron chi connectivity index (χ4n) is 2.23. The summed E-state index contributed by atoms with van der Waals surface area (Å²) >= 11 is 3.35. The van der Waals surface area contributed by atoms with E-state index in [1.165, 1.54) is 28.2 Å². The van der Waals surface area contributed by atoms with Crippen molar-refractivity contribution in [3.05, 3.63) is 46.8 Å². The lowest BCUT2D eigenvalue weighted by Gasteiger charge is -2.28. The van der Waals surface area contributed by atoms with Gasteiger partial charge in [0.1, 0.15) is 4.88 Å². The van der Waals surface area contributed by atoms with Crippen LogP contribution in [0.5, 0.6) is 0 Å². The Hall–Kier alpha value is -1.46. The van der Waals surface area contributed by atoms with E-state index in [0.29, 0.717) is 4.88 Å². The summed E-state index contributed by atoms with van der Waals surface area (Å²) in [6.07, 6.45) is 0. The van der Waals surface area contributed by atoms with Crippen molar-refractivity contribution in [1.82, 2.24) is 0 Å². The molecular weight excluding hydrogens is 290 g/mol. The molecule has 2 aromatic rings. The van der Waals surface area contributed by atoms with Gasteiger partial charge in [-0.1, -0.05) is 30.3 Å². The first-order chi connectivity index (χ1) is 9.78. The third-order valence-corrected chi connectivity index (χ3v) is 5.58. The highest BCUT2D eigenvalue weighted by molar-refractivity contribution is 8.01. The van der Waals surface area contributed by atoms with Crippen LogP contribution in [-0.4, -0.2) is 25.4 Å². The molecule has 20 heavy (non-hydrogen) atoms. The Morgan fingerprint density at radius 2 is 2.15 bits per heavy atom. The highest BCUT2D eigenvalue weighted by atomic mass is 32.2. The van der Waals surface area contributed by atoms with Crippen molar-refractivity contribution < 1.29 is 9.53 Å². The minimum atomic E-state index is -0.246. The van der Waals surface area contributed by atoms with Crippen molar-refractivity contribution in [2.75, 3.05) is 24.3 Å². The van der Waals surface area contributed by atoms with Crippen LogP contribution in [0.15, 0.2) is 40.6 Å². The number of esters is 1. The number of carbonyl (C=O) groups is 1. The number of rotatable bonds is 3. The van der Waals surface area contributed by atoms with Crippen molar-refractivity contribution >= 4 is 34.8 Å². The number of carbonyl (C=O) groups excluding carboxylic acids is 1. The molecule has 5 heteroatoms. The molecule has 2 heterocycles. The van der Waals surface area contributed by atoms with E-state index >= 15 is 0 Å². The summed E-state index contributed by atoms with van der Waals surface area (Å²) in [5.41, 5.74) is 2.45. The molecule has 0 unspecified atom stereocenters. The molecule has 0 amide bonds. The number of anilines is 1. The van der Waals surface area contributed by atoms with Crippen molar-refractivity contribution in [2.24, 2.45) is 0 Å². The summed E-state index contributed by atoms with van der Waals surface area (Å²) in [5.74, 6) is 0.811. The Labute approximate surface area is 126 Å². The minimum Gasteiger partial charge on any atom is -0.465 e. The first kappa shape index (κ1) is 13.5. The van der Waals surface area contributed by atoms with Gasteiger partial charge in [0.15, 0.2) is 0 Å². The molecule has 3 rings (SSSR count). The molecule has 0 fully saturated rings. The topological polar surface area (TPSA) is 29.5 Å². The van der Waals surface area contributed by atoms with E-state index in [-0.39, 0.29) is 5.97 Å². The van der Waals surface area contributed by atoms with E-state index in [9.17, 15) is 4.79 Å². The van der Waals surface area contributed by atoms with Gasteiger partial charge in [-0.05, 0) is 11.6 Å². The summed E-state index contributed by atoms with van der Waals surface area (Å²) in [7, 11) is 1.43. The van der Waals surface area contributed by atoms with Gasteiger partial charge >= 0.3 is 5.97 Å². The Balaban J connectivity index is 1.86. The number of fused-ring (bicyclic) bond motifs is 1. The monoisotopic (exact) mass is 305 g/mol. The fourth-order valence-corrected chi connectivity index (χ4v) is 4.64.